The number of halogens is 2. The number of para-hydroxylation sites is 1. The number of rotatable bonds is 1. The maximum atomic E-state index is 14.0. The summed E-state index contributed by atoms with van der Waals surface area (Å²) in [6, 6.07) is 5.52. The summed E-state index contributed by atoms with van der Waals surface area (Å²) in [5, 5.41) is 3.52. The molecule has 2 rings (SSSR count). The normalized spacial score (nSPS) is 21.2. The first-order valence-corrected chi connectivity index (χ1v) is 7.11. The second-order valence-electron chi connectivity index (χ2n) is 5.89. The highest BCUT2D eigenvalue weighted by molar-refractivity contribution is 9.10. The Kier molecular flexibility index (Phi) is 3.97. The minimum absolute atomic E-state index is 0.154. The molecule has 0 radical (unpaired) electrons. The highest BCUT2D eigenvalue weighted by Crippen LogP contribution is 2.32. The van der Waals surface area contributed by atoms with E-state index in [9.17, 15) is 4.39 Å². The Balaban J connectivity index is 2.24. The van der Waals surface area contributed by atoms with Crippen molar-refractivity contribution in [3.05, 3.63) is 28.5 Å². The van der Waals surface area contributed by atoms with Crippen molar-refractivity contribution in [3.8, 4) is 0 Å². The molecule has 0 aromatic heterocycles. The van der Waals surface area contributed by atoms with Gasteiger partial charge < -0.3 is 10.2 Å². The average Bonchev–Trinajstić information content (AvgIpc) is 2.28. The van der Waals surface area contributed by atoms with Gasteiger partial charge in [-0.25, -0.2) is 4.39 Å². The molecule has 0 aliphatic carbocycles. The van der Waals surface area contributed by atoms with Gasteiger partial charge in [-0.2, -0.15) is 0 Å². The van der Waals surface area contributed by atoms with Gasteiger partial charge in [0.1, 0.15) is 5.82 Å². The number of hydrogen-bond donors (Lipinski definition) is 1. The summed E-state index contributed by atoms with van der Waals surface area (Å²) < 4.78 is 14.8. The Hall–Kier alpha value is -0.610. The van der Waals surface area contributed by atoms with E-state index in [0.29, 0.717) is 11.7 Å². The van der Waals surface area contributed by atoms with Gasteiger partial charge in [0, 0.05) is 30.1 Å². The fourth-order valence-electron chi connectivity index (χ4n) is 2.32. The maximum Gasteiger partial charge on any atom is 0.147 e. The predicted octanol–water partition coefficient (Wildman–Crippen LogP) is 3.41. The molecule has 0 saturated carbocycles. The second kappa shape index (κ2) is 5.17. The Morgan fingerprint density at radius 2 is 2.11 bits per heavy atom. The first-order valence-electron chi connectivity index (χ1n) is 6.32. The smallest absolute Gasteiger partial charge is 0.147 e. The van der Waals surface area contributed by atoms with Crippen molar-refractivity contribution < 1.29 is 4.39 Å². The lowest BCUT2D eigenvalue weighted by molar-refractivity contribution is 0.253. The second-order valence-corrected chi connectivity index (χ2v) is 6.74. The Morgan fingerprint density at radius 3 is 2.72 bits per heavy atom. The maximum absolute atomic E-state index is 14.0. The van der Waals surface area contributed by atoms with Crippen molar-refractivity contribution in [1.82, 2.24) is 5.32 Å². The monoisotopic (exact) mass is 314 g/mol. The SMILES string of the molecule is CC(C)(C)C1CN(c2c(F)cccc2Br)CCN1. The van der Waals surface area contributed by atoms with E-state index in [0.717, 1.165) is 24.1 Å². The molecular weight excluding hydrogens is 295 g/mol. The third-order valence-corrected chi connectivity index (χ3v) is 4.11. The van der Waals surface area contributed by atoms with Gasteiger partial charge in [0.2, 0.25) is 0 Å². The molecule has 1 aliphatic heterocycles. The van der Waals surface area contributed by atoms with E-state index in [-0.39, 0.29) is 11.2 Å². The van der Waals surface area contributed by atoms with E-state index < -0.39 is 0 Å². The molecule has 0 bridgehead atoms. The summed E-state index contributed by atoms with van der Waals surface area (Å²) in [4.78, 5) is 2.13. The van der Waals surface area contributed by atoms with Gasteiger partial charge in [-0.05, 0) is 33.5 Å². The third kappa shape index (κ3) is 2.86. The standard InChI is InChI=1S/C14H20BrFN2/c1-14(2,3)12-9-18(8-7-17-12)13-10(15)5-4-6-11(13)16/h4-6,12,17H,7-9H2,1-3H3. The van der Waals surface area contributed by atoms with Crippen LogP contribution >= 0.6 is 15.9 Å². The van der Waals surface area contributed by atoms with Crippen LogP contribution in [0.1, 0.15) is 20.8 Å². The van der Waals surface area contributed by atoms with Crippen molar-refractivity contribution in [2.45, 2.75) is 26.8 Å². The summed E-state index contributed by atoms with van der Waals surface area (Å²) in [6.07, 6.45) is 0. The molecule has 1 heterocycles. The van der Waals surface area contributed by atoms with Crippen LogP contribution in [0.4, 0.5) is 10.1 Å². The highest BCUT2D eigenvalue weighted by Gasteiger charge is 2.30. The lowest BCUT2D eigenvalue weighted by Crippen LogP contribution is -2.56. The predicted molar refractivity (Wildman–Crippen MR) is 77.6 cm³/mol. The van der Waals surface area contributed by atoms with Crippen LogP contribution in [0.15, 0.2) is 22.7 Å². The van der Waals surface area contributed by atoms with Crippen molar-refractivity contribution in [1.29, 1.82) is 0 Å². The Morgan fingerprint density at radius 1 is 1.39 bits per heavy atom. The molecule has 1 aliphatic rings. The number of nitrogens with one attached hydrogen (secondary N) is 1. The number of benzene rings is 1. The zero-order chi connectivity index (χ0) is 13.3. The van der Waals surface area contributed by atoms with Crippen LogP contribution < -0.4 is 10.2 Å². The summed E-state index contributed by atoms with van der Waals surface area (Å²) >= 11 is 3.45. The van der Waals surface area contributed by atoms with Gasteiger partial charge in [-0.15, -0.1) is 0 Å². The summed E-state index contributed by atoms with van der Waals surface area (Å²) in [5.41, 5.74) is 0.865. The van der Waals surface area contributed by atoms with Crippen LogP contribution in [-0.4, -0.2) is 25.7 Å². The van der Waals surface area contributed by atoms with E-state index in [1.807, 2.05) is 6.07 Å². The molecule has 4 heteroatoms. The number of piperazine rings is 1. The minimum atomic E-state index is -0.154. The first-order chi connectivity index (χ1) is 8.39. The van der Waals surface area contributed by atoms with Crippen molar-refractivity contribution in [2.24, 2.45) is 5.41 Å². The van der Waals surface area contributed by atoms with Crippen LogP contribution in [0.5, 0.6) is 0 Å². The van der Waals surface area contributed by atoms with Gasteiger partial charge >= 0.3 is 0 Å². The summed E-state index contributed by atoms with van der Waals surface area (Å²) in [5.74, 6) is -0.154. The minimum Gasteiger partial charge on any atom is -0.365 e. The van der Waals surface area contributed by atoms with Gasteiger partial charge in [-0.1, -0.05) is 26.8 Å². The third-order valence-electron chi connectivity index (χ3n) is 3.47. The van der Waals surface area contributed by atoms with E-state index >= 15 is 0 Å². The van der Waals surface area contributed by atoms with E-state index in [2.05, 4.69) is 46.9 Å². The molecule has 18 heavy (non-hydrogen) atoms. The Labute approximate surface area is 117 Å². The Bertz CT molecular complexity index is 408. The molecule has 1 fully saturated rings. The molecular formula is C14H20BrFN2. The quantitative estimate of drug-likeness (QED) is 0.854. The first kappa shape index (κ1) is 13.8. The topological polar surface area (TPSA) is 15.3 Å². The van der Waals surface area contributed by atoms with Crippen LogP contribution in [-0.2, 0) is 0 Å². The molecule has 1 saturated heterocycles. The highest BCUT2D eigenvalue weighted by atomic mass is 79.9. The fourth-order valence-corrected chi connectivity index (χ4v) is 2.92. The van der Waals surface area contributed by atoms with Crippen LogP contribution in [0, 0.1) is 11.2 Å². The van der Waals surface area contributed by atoms with Gasteiger partial charge in [0.15, 0.2) is 0 Å². The van der Waals surface area contributed by atoms with Crippen LogP contribution in [0.2, 0.25) is 0 Å². The molecule has 1 aromatic rings. The fraction of sp³-hybridized carbons (Fsp3) is 0.571. The van der Waals surface area contributed by atoms with Crippen molar-refractivity contribution in [2.75, 3.05) is 24.5 Å². The molecule has 1 N–H and O–H groups in total. The zero-order valence-corrected chi connectivity index (χ0v) is 12.7. The number of hydrogen-bond acceptors (Lipinski definition) is 2. The lowest BCUT2D eigenvalue weighted by atomic mass is 9.85. The lowest BCUT2D eigenvalue weighted by Gasteiger charge is -2.41. The van der Waals surface area contributed by atoms with Crippen molar-refractivity contribution >= 4 is 21.6 Å². The summed E-state index contributed by atoms with van der Waals surface area (Å²) in [6.45, 7) is 9.21. The van der Waals surface area contributed by atoms with E-state index in [1.165, 1.54) is 6.07 Å². The molecule has 1 aromatic carbocycles. The zero-order valence-electron chi connectivity index (χ0n) is 11.1. The van der Waals surface area contributed by atoms with Gasteiger partial charge in [0.05, 0.1) is 5.69 Å². The molecule has 0 spiro atoms. The van der Waals surface area contributed by atoms with Crippen molar-refractivity contribution in [3.63, 3.8) is 0 Å². The molecule has 1 unspecified atom stereocenters. The largest absolute Gasteiger partial charge is 0.365 e. The van der Waals surface area contributed by atoms with E-state index in [1.54, 1.807) is 6.07 Å². The molecule has 2 nitrogen and oxygen atoms in total. The van der Waals surface area contributed by atoms with Gasteiger partial charge in [-0.3, -0.25) is 0 Å². The van der Waals surface area contributed by atoms with E-state index in [4.69, 9.17) is 0 Å². The summed E-state index contributed by atoms with van der Waals surface area (Å²) in [7, 11) is 0. The molecule has 100 valence electrons. The average molecular weight is 315 g/mol. The molecule has 0 amide bonds. The molecule has 1 atom stereocenters. The number of anilines is 1. The number of nitrogens with zero attached hydrogens (tertiary/aromatic N) is 1. The van der Waals surface area contributed by atoms with Gasteiger partial charge in [0.25, 0.3) is 0 Å². The van der Waals surface area contributed by atoms with Crippen LogP contribution in [0.25, 0.3) is 0 Å². The van der Waals surface area contributed by atoms with Crippen LogP contribution in [0.3, 0.4) is 0 Å².